The first-order valence-corrected chi connectivity index (χ1v) is 7.57. The van der Waals surface area contributed by atoms with Crippen LogP contribution in [0.5, 0.6) is 0 Å². The minimum atomic E-state index is -4.76. The van der Waals surface area contributed by atoms with E-state index in [1.165, 1.54) is 24.3 Å². The lowest BCUT2D eigenvalue weighted by Crippen LogP contribution is -2.53. The van der Waals surface area contributed by atoms with E-state index >= 15 is 0 Å². The third kappa shape index (κ3) is 1.75. The van der Waals surface area contributed by atoms with Gasteiger partial charge in [0.2, 0.25) is 0 Å². The SMILES string of the molecule is NC1(S(=O)(=O)O)CC=CC2=C1C(=O)c1ccccc1C2=O. The smallest absolute Gasteiger partial charge is 0.288 e. The van der Waals surface area contributed by atoms with Crippen molar-refractivity contribution in [3.8, 4) is 0 Å². The third-order valence-electron chi connectivity index (χ3n) is 3.75. The van der Waals surface area contributed by atoms with Crippen LogP contribution in [0.4, 0.5) is 0 Å². The first-order chi connectivity index (χ1) is 9.77. The number of carbonyl (C=O) groups is 2. The summed E-state index contributed by atoms with van der Waals surface area (Å²) < 4.78 is 32.7. The lowest BCUT2D eigenvalue weighted by atomic mass is 9.78. The Kier molecular flexibility index (Phi) is 2.78. The minimum absolute atomic E-state index is 0.0786. The summed E-state index contributed by atoms with van der Waals surface area (Å²) >= 11 is 0. The molecular weight excluding hydrogens is 294 g/mol. The highest BCUT2D eigenvalue weighted by molar-refractivity contribution is 7.87. The van der Waals surface area contributed by atoms with Crippen LogP contribution in [0.25, 0.3) is 0 Å². The zero-order valence-electron chi connectivity index (χ0n) is 10.7. The lowest BCUT2D eigenvalue weighted by Gasteiger charge is -2.33. The topological polar surface area (TPSA) is 115 Å². The van der Waals surface area contributed by atoms with Crippen LogP contribution in [0.3, 0.4) is 0 Å². The number of benzene rings is 1. The summed E-state index contributed by atoms with van der Waals surface area (Å²) in [7, 11) is -4.76. The molecular formula is C14H11NO5S. The summed E-state index contributed by atoms with van der Waals surface area (Å²) in [6.07, 6.45) is 2.47. The van der Waals surface area contributed by atoms with E-state index in [0.29, 0.717) is 0 Å². The van der Waals surface area contributed by atoms with E-state index in [9.17, 15) is 22.6 Å². The molecule has 0 heterocycles. The summed E-state index contributed by atoms with van der Waals surface area (Å²) in [6.45, 7) is 0. The maximum Gasteiger partial charge on any atom is 0.288 e. The number of carbonyl (C=O) groups excluding carboxylic acids is 2. The molecule has 21 heavy (non-hydrogen) atoms. The van der Waals surface area contributed by atoms with E-state index in [4.69, 9.17) is 5.73 Å². The van der Waals surface area contributed by atoms with Crippen molar-refractivity contribution in [2.24, 2.45) is 5.73 Å². The molecule has 0 saturated heterocycles. The van der Waals surface area contributed by atoms with Gasteiger partial charge in [0.1, 0.15) is 0 Å². The molecule has 6 nitrogen and oxygen atoms in total. The molecule has 0 saturated carbocycles. The molecule has 0 radical (unpaired) electrons. The Morgan fingerprint density at radius 1 is 1.10 bits per heavy atom. The number of hydrogen-bond acceptors (Lipinski definition) is 5. The summed E-state index contributed by atoms with van der Waals surface area (Å²) in [4.78, 5) is 22.7. The number of Topliss-reactive ketones (excluding diaryl/α,β-unsaturated/α-hetero) is 2. The fourth-order valence-corrected chi connectivity index (χ4v) is 3.43. The Bertz CT molecular complexity index is 850. The molecule has 2 aliphatic carbocycles. The predicted octanol–water partition coefficient (Wildman–Crippen LogP) is 0.865. The second kappa shape index (κ2) is 4.20. The van der Waals surface area contributed by atoms with Crippen LogP contribution in [-0.4, -0.2) is 29.4 Å². The van der Waals surface area contributed by atoms with E-state index in [0.717, 1.165) is 0 Å². The Hall–Kier alpha value is -2.09. The molecule has 0 aliphatic heterocycles. The number of nitrogens with two attached hydrogens (primary N) is 1. The molecule has 3 rings (SSSR count). The molecule has 0 amide bonds. The third-order valence-corrected chi connectivity index (χ3v) is 5.04. The average molecular weight is 305 g/mol. The number of allylic oxidation sites excluding steroid dienone is 2. The van der Waals surface area contributed by atoms with Crippen molar-refractivity contribution < 1.29 is 22.6 Å². The lowest BCUT2D eigenvalue weighted by molar-refractivity contribution is 0.0968. The van der Waals surface area contributed by atoms with Gasteiger partial charge in [-0.25, -0.2) is 0 Å². The van der Waals surface area contributed by atoms with Gasteiger partial charge in [-0.05, 0) is 0 Å². The van der Waals surface area contributed by atoms with Crippen molar-refractivity contribution >= 4 is 21.7 Å². The molecule has 0 fully saturated rings. The predicted molar refractivity (Wildman–Crippen MR) is 74.4 cm³/mol. The van der Waals surface area contributed by atoms with E-state index in [1.54, 1.807) is 12.1 Å². The van der Waals surface area contributed by atoms with Crippen molar-refractivity contribution in [3.05, 3.63) is 58.7 Å². The molecule has 108 valence electrons. The van der Waals surface area contributed by atoms with Crippen molar-refractivity contribution in [1.29, 1.82) is 0 Å². The van der Waals surface area contributed by atoms with Gasteiger partial charge in [-0.1, -0.05) is 36.4 Å². The number of fused-ring (bicyclic) bond motifs is 1. The van der Waals surface area contributed by atoms with Crippen LogP contribution in [0, 0.1) is 0 Å². The van der Waals surface area contributed by atoms with Gasteiger partial charge in [0.05, 0.1) is 0 Å². The largest absolute Gasteiger partial charge is 0.306 e. The molecule has 0 spiro atoms. The molecule has 1 aromatic carbocycles. The zero-order valence-corrected chi connectivity index (χ0v) is 11.6. The van der Waals surface area contributed by atoms with Gasteiger partial charge in [-0.2, -0.15) is 8.42 Å². The fourth-order valence-electron chi connectivity index (χ4n) is 2.66. The molecule has 0 aromatic heterocycles. The Morgan fingerprint density at radius 3 is 2.24 bits per heavy atom. The maximum absolute atomic E-state index is 12.6. The molecule has 1 atom stereocenters. The summed E-state index contributed by atoms with van der Waals surface area (Å²) in [5.74, 6) is -1.13. The van der Waals surface area contributed by atoms with Gasteiger partial charge in [-0.15, -0.1) is 0 Å². The molecule has 7 heteroatoms. The fraction of sp³-hybridized carbons (Fsp3) is 0.143. The molecule has 3 N–H and O–H groups in total. The molecule has 1 aromatic rings. The second-order valence-electron chi connectivity index (χ2n) is 4.96. The standard InChI is InChI=1S/C14H11NO5S/c15-14(21(18,19)20)7-3-6-10-11(14)13(17)9-5-2-1-4-8(9)12(10)16/h1-6H,7,15H2,(H,18,19,20). The van der Waals surface area contributed by atoms with Gasteiger partial charge in [-0.3, -0.25) is 14.1 Å². The Balaban J connectivity index is 2.34. The van der Waals surface area contributed by atoms with Gasteiger partial charge < -0.3 is 5.73 Å². The second-order valence-corrected chi connectivity index (χ2v) is 6.64. The van der Waals surface area contributed by atoms with Crippen LogP contribution in [0.2, 0.25) is 0 Å². The van der Waals surface area contributed by atoms with E-state index in [1.807, 2.05) is 0 Å². The van der Waals surface area contributed by atoms with E-state index in [-0.39, 0.29) is 28.7 Å². The van der Waals surface area contributed by atoms with Crippen LogP contribution >= 0.6 is 0 Å². The first-order valence-electron chi connectivity index (χ1n) is 6.13. The van der Waals surface area contributed by atoms with Crippen molar-refractivity contribution in [3.63, 3.8) is 0 Å². The van der Waals surface area contributed by atoms with Crippen molar-refractivity contribution in [2.45, 2.75) is 11.3 Å². The number of hydrogen-bond donors (Lipinski definition) is 2. The highest BCUT2D eigenvalue weighted by Gasteiger charge is 2.50. The molecule has 2 aliphatic rings. The number of rotatable bonds is 1. The van der Waals surface area contributed by atoms with E-state index in [2.05, 4.69) is 0 Å². The van der Waals surface area contributed by atoms with E-state index < -0.39 is 26.6 Å². The van der Waals surface area contributed by atoms with Gasteiger partial charge in [0.25, 0.3) is 10.1 Å². The highest BCUT2D eigenvalue weighted by Crippen LogP contribution is 2.38. The monoisotopic (exact) mass is 305 g/mol. The normalized spacial score (nSPS) is 24.9. The van der Waals surface area contributed by atoms with Gasteiger partial charge in [0, 0.05) is 28.7 Å². The van der Waals surface area contributed by atoms with Crippen molar-refractivity contribution in [2.75, 3.05) is 0 Å². The van der Waals surface area contributed by atoms with Crippen LogP contribution < -0.4 is 5.73 Å². The summed E-state index contributed by atoms with van der Waals surface area (Å²) in [5.41, 5.74) is 5.63. The first kappa shape index (κ1) is 13.9. The van der Waals surface area contributed by atoms with Crippen LogP contribution in [-0.2, 0) is 10.1 Å². The summed E-state index contributed by atoms with van der Waals surface area (Å²) in [6, 6.07) is 6.11. The maximum atomic E-state index is 12.6. The average Bonchev–Trinajstić information content (AvgIpc) is 2.43. The van der Waals surface area contributed by atoms with Crippen molar-refractivity contribution in [1.82, 2.24) is 0 Å². The summed E-state index contributed by atoms with van der Waals surface area (Å²) in [5, 5.41) is 0. The van der Waals surface area contributed by atoms with Crippen LogP contribution in [0.15, 0.2) is 47.6 Å². The Labute approximate surface area is 120 Å². The van der Waals surface area contributed by atoms with Gasteiger partial charge in [0.15, 0.2) is 16.4 Å². The Morgan fingerprint density at radius 2 is 1.67 bits per heavy atom. The van der Waals surface area contributed by atoms with Crippen LogP contribution in [0.1, 0.15) is 27.1 Å². The molecule has 1 unspecified atom stereocenters. The number of ketones is 2. The minimum Gasteiger partial charge on any atom is -0.306 e. The van der Waals surface area contributed by atoms with Gasteiger partial charge >= 0.3 is 0 Å². The quantitative estimate of drug-likeness (QED) is 0.744. The zero-order chi connectivity index (χ0) is 15.4. The molecule has 0 bridgehead atoms. The highest BCUT2D eigenvalue weighted by atomic mass is 32.2.